The highest BCUT2D eigenvalue weighted by molar-refractivity contribution is 6.00. The van der Waals surface area contributed by atoms with Crippen molar-refractivity contribution in [3.63, 3.8) is 0 Å². The topological polar surface area (TPSA) is 102 Å². The van der Waals surface area contributed by atoms with E-state index in [0.29, 0.717) is 23.5 Å². The Morgan fingerprint density at radius 3 is 2.46 bits per heavy atom. The number of anilines is 2. The van der Waals surface area contributed by atoms with Gasteiger partial charge in [-0.25, -0.2) is 4.79 Å². The fourth-order valence-electron chi connectivity index (χ4n) is 3.89. The summed E-state index contributed by atoms with van der Waals surface area (Å²) < 4.78 is 10.4. The lowest BCUT2D eigenvalue weighted by molar-refractivity contribution is -0.151. The number of nitrogens with zero attached hydrogens (tertiary/aromatic N) is 1. The highest BCUT2D eigenvalue weighted by Crippen LogP contribution is 2.26. The van der Waals surface area contributed by atoms with E-state index in [2.05, 4.69) is 12.2 Å². The van der Waals surface area contributed by atoms with Crippen LogP contribution >= 0.6 is 0 Å². The largest absolute Gasteiger partial charge is 0.462 e. The summed E-state index contributed by atoms with van der Waals surface area (Å²) in [6.07, 6.45) is 2.88. The van der Waals surface area contributed by atoms with Gasteiger partial charge in [-0.1, -0.05) is 37.5 Å². The number of esters is 2. The summed E-state index contributed by atoms with van der Waals surface area (Å²) in [5.74, 6) is -2.32. The predicted molar refractivity (Wildman–Crippen MR) is 132 cm³/mol. The number of carbonyl (C=O) groups excluding carboxylic acids is 4. The molecule has 3 rings (SSSR count). The summed E-state index contributed by atoms with van der Waals surface area (Å²) in [5.41, 5.74) is 3.65. The van der Waals surface area contributed by atoms with Crippen molar-refractivity contribution >= 4 is 35.1 Å². The molecule has 1 heterocycles. The molecule has 0 bridgehead atoms. The minimum absolute atomic E-state index is 0.00125. The maximum Gasteiger partial charge on any atom is 0.338 e. The van der Waals surface area contributed by atoms with Crippen molar-refractivity contribution in [3.05, 3.63) is 59.2 Å². The van der Waals surface area contributed by atoms with Crippen LogP contribution in [0.5, 0.6) is 0 Å². The molecule has 0 saturated carbocycles. The fourth-order valence-corrected chi connectivity index (χ4v) is 3.89. The van der Waals surface area contributed by atoms with E-state index in [1.807, 2.05) is 26.0 Å². The van der Waals surface area contributed by atoms with Crippen LogP contribution in [-0.4, -0.2) is 43.5 Å². The lowest BCUT2D eigenvalue weighted by Crippen LogP contribution is -2.28. The van der Waals surface area contributed by atoms with Crippen LogP contribution in [0.3, 0.4) is 0 Å². The lowest BCUT2D eigenvalue weighted by Gasteiger charge is -2.17. The maximum atomic E-state index is 12.5. The third-order valence-electron chi connectivity index (χ3n) is 5.86. The minimum Gasteiger partial charge on any atom is -0.462 e. The summed E-state index contributed by atoms with van der Waals surface area (Å²) in [6.45, 7) is 6.03. The molecule has 2 aromatic rings. The van der Waals surface area contributed by atoms with E-state index in [1.54, 1.807) is 30.3 Å². The van der Waals surface area contributed by atoms with Crippen LogP contribution in [-0.2, 0) is 23.9 Å². The molecule has 1 aliphatic rings. The van der Waals surface area contributed by atoms with Gasteiger partial charge in [-0.2, -0.15) is 0 Å². The molecule has 0 aliphatic carbocycles. The SMILES string of the molecule is CCCCCOC(=O)c1ccc(N2C[C@@H](C(=O)OCC(=O)Nc3ccc(C)cc3C)CC2=O)cc1. The zero-order valence-corrected chi connectivity index (χ0v) is 20.5. The van der Waals surface area contributed by atoms with E-state index in [1.165, 1.54) is 4.90 Å². The van der Waals surface area contributed by atoms with Gasteiger partial charge in [0.15, 0.2) is 6.61 Å². The van der Waals surface area contributed by atoms with Crippen molar-refractivity contribution in [2.24, 2.45) is 5.92 Å². The average molecular weight is 481 g/mol. The molecule has 0 unspecified atom stereocenters. The first kappa shape index (κ1) is 25.9. The summed E-state index contributed by atoms with van der Waals surface area (Å²) >= 11 is 0. The molecule has 2 amide bonds. The second kappa shape index (κ2) is 12.1. The molecule has 0 radical (unpaired) electrons. The second-order valence-electron chi connectivity index (χ2n) is 8.77. The van der Waals surface area contributed by atoms with Crippen LogP contribution in [0, 0.1) is 19.8 Å². The number of carbonyl (C=O) groups is 4. The zero-order valence-electron chi connectivity index (χ0n) is 20.5. The van der Waals surface area contributed by atoms with Gasteiger partial charge < -0.3 is 19.7 Å². The van der Waals surface area contributed by atoms with Gasteiger partial charge in [0.1, 0.15) is 0 Å². The molecule has 186 valence electrons. The van der Waals surface area contributed by atoms with Crippen LogP contribution in [0.1, 0.15) is 54.1 Å². The maximum absolute atomic E-state index is 12.5. The number of benzene rings is 2. The molecule has 1 aliphatic heterocycles. The number of hydrogen-bond acceptors (Lipinski definition) is 6. The highest BCUT2D eigenvalue weighted by Gasteiger charge is 2.36. The Morgan fingerprint density at radius 1 is 1.03 bits per heavy atom. The Hall–Kier alpha value is -3.68. The molecule has 8 nitrogen and oxygen atoms in total. The molecule has 1 atom stereocenters. The van der Waals surface area contributed by atoms with E-state index in [0.717, 1.165) is 30.4 Å². The molecular formula is C27H32N2O6. The fraction of sp³-hybridized carbons (Fsp3) is 0.407. The molecule has 8 heteroatoms. The molecule has 1 fully saturated rings. The highest BCUT2D eigenvalue weighted by atomic mass is 16.5. The van der Waals surface area contributed by atoms with Crippen LogP contribution in [0.25, 0.3) is 0 Å². The quantitative estimate of drug-likeness (QED) is 0.404. The Kier molecular flexibility index (Phi) is 9.00. The summed E-state index contributed by atoms with van der Waals surface area (Å²) in [6, 6.07) is 12.2. The normalized spacial score (nSPS) is 15.1. The first-order valence-corrected chi connectivity index (χ1v) is 11.9. The molecule has 0 aromatic heterocycles. The van der Waals surface area contributed by atoms with Gasteiger partial charge in [0.05, 0.1) is 18.1 Å². The Morgan fingerprint density at radius 2 is 1.77 bits per heavy atom. The summed E-state index contributed by atoms with van der Waals surface area (Å²) in [4.78, 5) is 50.8. The zero-order chi connectivity index (χ0) is 25.4. The van der Waals surface area contributed by atoms with E-state index in [-0.39, 0.29) is 18.9 Å². The van der Waals surface area contributed by atoms with E-state index in [9.17, 15) is 19.2 Å². The first-order chi connectivity index (χ1) is 16.8. The predicted octanol–water partition coefficient (Wildman–Crippen LogP) is 4.19. The van der Waals surface area contributed by atoms with Crippen LogP contribution < -0.4 is 10.2 Å². The third-order valence-corrected chi connectivity index (χ3v) is 5.86. The van der Waals surface area contributed by atoms with Gasteiger partial charge >= 0.3 is 11.9 Å². The van der Waals surface area contributed by atoms with Gasteiger partial charge in [-0.3, -0.25) is 14.4 Å². The standard InChI is InChI=1S/C27H32N2O6/c1-4-5-6-13-34-26(32)20-8-10-22(11-9-20)29-16-21(15-25(29)31)27(33)35-17-24(30)28-23-12-7-18(2)14-19(23)3/h7-12,14,21H,4-6,13,15-17H2,1-3H3,(H,28,30)/t21-/m0/s1. The van der Waals surface area contributed by atoms with Crippen molar-refractivity contribution in [1.82, 2.24) is 0 Å². The smallest absolute Gasteiger partial charge is 0.338 e. The van der Waals surface area contributed by atoms with Crippen LogP contribution in [0.4, 0.5) is 11.4 Å². The number of ether oxygens (including phenoxy) is 2. The van der Waals surface area contributed by atoms with Crippen molar-refractivity contribution in [2.45, 2.75) is 46.5 Å². The first-order valence-electron chi connectivity index (χ1n) is 11.9. The Balaban J connectivity index is 1.49. The lowest BCUT2D eigenvalue weighted by atomic mass is 10.1. The van der Waals surface area contributed by atoms with E-state index < -0.39 is 30.4 Å². The third kappa shape index (κ3) is 7.15. The van der Waals surface area contributed by atoms with Gasteiger partial charge in [0.25, 0.3) is 5.91 Å². The number of aryl methyl sites for hydroxylation is 2. The van der Waals surface area contributed by atoms with Crippen molar-refractivity contribution < 1.29 is 28.7 Å². The van der Waals surface area contributed by atoms with Crippen molar-refractivity contribution in [2.75, 3.05) is 30.0 Å². The molecule has 1 N–H and O–H groups in total. The van der Waals surface area contributed by atoms with Gasteiger partial charge in [-0.15, -0.1) is 0 Å². The van der Waals surface area contributed by atoms with Gasteiger partial charge in [0.2, 0.25) is 5.91 Å². The van der Waals surface area contributed by atoms with Crippen LogP contribution in [0.15, 0.2) is 42.5 Å². The second-order valence-corrected chi connectivity index (χ2v) is 8.77. The molecular weight excluding hydrogens is 448 g/mol. The Labute approximate surface area is 205 Å². The number of amides is 2. The molecule has 2 aromatic carbocycles. The summed E-state index contributed by atoms with van der Waals surface area (Å²) in [5, 5.41) is 2.73. The minimum atomic E-state index is -0.667. The summed E-state index contributed by atoms with van der Waals surface area (Å²) in [7, 11) is 0. The van der Waals surface area contributed by atoms with Crippen LogP contribution in [0.2, 0.25) is 0 Å². The monoisotopic (exact) mass is 480 g/mol. The Bertz CT molecular complexity index is 1080. The number of unbranched alkanes of at least 4 members (excludes halogenated alkanes) is 2. The van der Waals surface area contributed by atoms with E-state index in [4.69, 9.17) is 9.47 Å². The molecule has 0 spiro atoms. The number of rotatable bonds is 10. The van der Waals surface area contributed by atoms with Gasteiger partial charge in [0, 0.05) is 24.3 Å². The number of hydrogen-bond donors (Lipinski definition) is 1. The van der Waals surface area contributed by atoms with Crippen molar-refractivity contribution in [1.29, 1.82) is 0 Å². The van der Waals surface area contributed by atoms with Gasteiger partial charge in [-0.05, 0) is 56.2 Å². The average Bonchev–Trinajstić information content (AvgIpc) is 3.23. The van der Waals surface area contributed by atoms with E-state index >= 15 is 0 Å². The number of nitrogens with one attached hydrogen (secondary N) is 1. The molecule has 35 heavy (non-hydrogen) atoms. The van der Waals surface area contributed by atoms with Crippen molar-refractivity contribution in [3.8, 4) is 0 Å². The molecule has 1 saturated heterocycles.